The van der Waals surface area contributed by atoms with Crippen LogP contribution in [0.2, 0.25) is 0 Å². The van der Waals surface area contributed by atoms with Gasteiger partial charge in [0.1, 0.15) is 5.75 Å². The summed E-state index contributed by atoms with van der Waals surface area (Å²) in [6, 6.07) is 17.3. The monoisotopic (exact) mass is 380 g/mol. The summed E-state index contributed by atoms with van der Waals surface area (Å²) in [6.45, 7) is 6.57. The third kappa shape index (κ3) is 6.91. The van der Waals surface area contributed by atoms with Crippen molar-refractivity contribution in [1.29, 1.82) is 0 Å². The van der Waals surface area contributed by atoms with Crippen molar-refractivity contribution in [3.8, 4) is 5.75 Å². The first-order valence-corrected chi connectivity index (χ1v) is 9.51. The Morgan fingerprint density at radius 2 is 1.57 bits per heavy atom. The van der Waals surface area contributed by atoms with Gasteiger partial charge < -0.3 is 15.4 Å². The highest BCUT2D eigenvalue weighted by molar-refractivity contribution is 5.91. The molecule has 1 atom stereocenters. The molecule has 2 aromatic rings. The molecule has 0 aromatic heterocycles. The average molecular weight is 380 g/mol. The number of hydrogen-bond donors (Lipinski definition) is 2. The number of carbonyl (C=O) groups excluding carboxylic acids is 2. The van der Waals surface area contributed by atoms with E-state index in [-0.39, 0.29) is 11.8 Å². The van der Waals surface area contributed by atoms with Crippen LogP contribution in [0.1, 0.15) is 37.8 Å². The summed E-state index contributed by atoms with van der Waals surface area (Å²) in [6.07, 6.45) is 2.61. The predicted molar refractivity (Wildman–Crippen MR) is 112 cm³/mol. The molecule has 0 aliphatic carbocycles. The summed E-state index contributed by atoms with van der Waals surface area (Å²) >= 11 is 0. The fraction of sp³-hybridized carbons (Fsp3) is 0.304. The molecule has 2 rings (SSSR count). The van der Waals surface area contributed by atoms with Crippen molar-refractivity contribution in [3.05, 3.63) is 71.8 Å². The van der Waals surface area contributed by atoms with Crippen molar-refractivity contribution < 1.29 is 14.3 Å². The summed E-state index contributed by atoms with van der Waals surface area (Å²) in [5.41, 5.74) is 2.03. The Bertz CT molecular complexity index is 801. The molecule has 0 fully saturated rings. The lowest BCUT2D eigenvalue weighted by atomic mass is 10.0. The van der Waals surface area contributed by atoms with E-state index in [2.05, 4.69) is 24.5 Å². The molecular weight excluding hydrogens is 352 g/mol. The molecule has 148 valence electrons. The van der Waals surface area contributed by atoms with Gasteiger partial charge in [-0.05, 0) is 36.1 Å². The Labute approximate surface area is 166 Å². The number of hydrogen-bond acceptors (Lipinski definition) is 3. The maximum atomic E-state index is 12.2. The normalized spacial score (nSPS) is 12.0. The largest absolute Gasteiger partial charge is 0.481 e. The van der Waals surface area contributed by atoms with E-state index in [9.17, 15) is 9.59 Å². The van der Waals surface area contributed by atoms with E-state index in [0.717, 1.165) is 16.9 Å². The van der Waals surface area contributed by atoms with Crippen LogP contribution in [0.4, 0.5) is 0 Å². The van der Waals surface area contributed by atoms with Gasteiger partial charge in [0, 0.05) is 19.2 Å². The summed E-state index contributed by atoms with van der Waals surface area (Å²) in [4.78, 5) is 24.0. The van der Waals surface area contributed by atoms with Crippen LogP contribution < -0.4 is 15.4 Å². The van der Waals surface area contributed by atoms with Gasteiger partial charge in [-0.1, -0.05) is 62.4 Å². The van der Waals surface area contributed by atoms with E-state index in [4.69, 9.17) is 4.74 Å². The number of rotatable bonds is 9. The summed E-state index contributed by atoms with van der Waals surface area (Å²) < 4.78 is 5.82. The van der Waals surface area contributed by atoms with Crippen LogP contribution in [0.25, 0.3) is 6.08 Å². The number of benzene rings is 2. The second kappa shape index (κ2) is 10.9. The standard InChI is InChI=1S/C23H28N2O3/c1-17(2)20-11-7-8-12-21(20)28-18(3)23(27)25-16-15-24-22(26)14-13-19-9-5-4-6-10-19/h4-14,17-18H,15-16H2,1-3H3,(H,24,26)(H,25,27)/b14-13+. The van der Waals surface area contributed by atoms with Crippen molar-refractivity contribution in [3.63, 3.8) is 0 Å². The Morgan fingerprint density at radius 1 is 0.929 bits per heavy atom. The molecule has 0 radical (unpaired) electrons. The van der Waals surface area contributed by atoms with Crippen molar-refractivity contribution in [2.45, 2.75) is 32.8 Å². The second-order valence-electron chi connectivity index (χ2n) is 6.78. The quantitative estimate of drug-likeness (QED) is 0.517. The van der Waals surface area contributed by atoms with Crippen LogP contribution in [0.3, 0.4) is 0 Å². The fourth-order valence-corrected chi connectivity index (χ4v) is 2.62. The summed E-state index contributed by atoms with van der Waals surface area (Å²) in [5, 5.41) is 5.52. The maximum Gasteiger partial charge on any atom is 0.260 e. The van der Waals surface area contributed by atoms with Gasteiger partial charge in [-0.2, -0.15) is 0 Å². The number of nitrogens with one attached hydrogen (secondary N) is 2. The molecule has 0 heterocycles. The molecule has 0 saturated carbocycles. The van der Waals surface area contributed by atoms with E-state index in [1.807, 2.05) is 54.6 Å². The number of para-hydroxylation sites is 1. The molecule has 0 spiro atoms. The van der Waals surface area contributed by atoms with Crippen molar-refractivity contribution in [2.75, 3.05) is 13.1 Å². The molecule has 0 aliphatic rings. The Kier molecular flexibility index (Phi) is 8.28. The van der Waals surface area contributed by atoms with Crippen LogP contribution in [0, 0.1) is 0 Å². The topological polar surface area (TPSA) is 67.4 Å². The minimum Gasteiger partial charge on any atom is -0.481 e. The van der Waals surface area contributed by atoms with E-state index in [0.29, 0.717) is 19.0 Å². The molecule has 0 saturated heterocycles. The molecule has 5 heteroatoms. The van der Waals surface area contributed by atoms with Crippen LogP contribution in [0.5, 0.6) is 5.75 Å². The smallest absolute Gasteiger partial charge is 0.260 e. The first kappa shape index (κ1) is 21.2. The minimum absolute atomic E-state index is 0.201. The zero-order valence-corrected chi connectivity index (χ0v) is 16.6. The highest BCUT2D eigenvalue weighted by Gasteiger charge is 2.16. The predicted octanol–water partition coefficient (Wildman–Crippen LogP) is 3.52. The average Bonchev–Trinajstić information content (AvgIpc) is 2.70. The van der Waals surface area contributed by atoms with Crippen LogP contribution in [-0.4, -0.2) is 31.0 Å². The third-order valence-corrected chi connectivity index (χ3v) is 4.16. The fourth-order valence-electron chi connectivity index (χ4n) is 2.62. The third-order valence-electron chi connectivity index (χ3n) is 4.16. The molecule has 2 N–H and O–H groups in total. The number of ether oxygens (including phenoxy) is 1. The minimum atomic E-state index is -0.617. The van der Waals surface area contributed by atoms with Gasteiger partial charge >= 0.3 is 0 Å². The molecule has 5 nitrogen and oxygen atoms in total. The van der Waals surface area contributed by atoms with E-state index < -0.39 is 6.10 Å². The Balaban J connectivity index is 1.72. The first-order chi connectivity index (χ1) is 13.5. The van der Waals surface area contributed by atoms with E-state index in [1.165, 1.54) is 6.08 Å². The van der Waals surface area contributed by atoms with E-state index >= 15 is 0 Å². The molecule has 2 aromatic carbocycles. The molecule has 2 amide bonds. The first-order valence-electron chi connectivity index (χ1n) is 9.51. The molecule has 0 bridgehead atoms. The van der Waals surface area contributed by atoms with Crippen LogP contribution in [-0.2, 0) is 9.59 Å². The van der Waals surface area contributed by atoms with Gasteiger partial charge in [0.05, 0.1) is 0 Å². The molecular formula is C23H28N2O3. The van der Waals surface area contributed by atoms with Crippen LogP contribution >= 0.6 is 0 Å². The highest BCUT2D eigenvalue weighted by Crippen LogP contribution is 2.26. The lowest BCUT2D eigenvalue weighted by molar-refractivity contribution is -0.127. The lowest BCUT2D eigenvalue weighted by Crippen LogP contribution is -2.40. The van der Waals surface area contributed by atoms with Gasteiger partial charge in [-0.15, -0.1) is 0 Å². The zero-order chi connectivity index (χ0) is 20.4. The Hall–Kier alpha value is -3.08. The molecule has 0 aliphatic heterocycles. The van der Waals surface area contributed by atoms with Crippen LogP contribution in [0.15, 0.2) is 60.7 Å². The van der Waals surface area contributed by atoms with Gasteiger partial charge in [0.2, 0.25) is 5.91 Å². The highest BCUT2D eigenvalue weighted by atomic mass is 16.5. The maximum absolute atomic E-state index is 12.2. The molecule has 28 heavy (non-hydrogen) atoms. The van der Waals surface area contributed by atoms with Gasteiger partial charge in [-0.25, -0.2) is 0 Å². The summed E-state index contributed by atoms with van der Waals surface area (Å²) in [5.74, 6) is 0.617. The SMILES string of the molecule is CC(Oc1ccccc1C(C)C)C(=O)NCCNC(=O)/C=C/c1ccccc1. The van der Waals surface area contributed by atoms with Crippen molar-refractivity contribution in [2.24, 2.45) is 0 Å². The van der Waals surface area contributed by atoms with Crippen molar-refractivity contribution >= 4 is 17.9 Å². The summed E-state index contributed by atoms with van der Waals surface area (Å²) in [7, 11) is 0. The number of carbonyl (C=O) groups is 2. The van der Waals surface area contributed by atoms with Crippen molar-refractivity contribution in [1.82, 2.24) is 10.6 Å². The zero-order valence-electron chi connectivity index (χ0n) is 16.6. The van der Waals surface area contributed by atoms with Gasteiger partial charge in [0.25, 0.3) is 5.91 Å². The second-order valence-corrected chi connectivity index (χ2v) is 6.78. The molecule has 1 unspecified atom stereocenters. The van der Waals surface area contributed by atoms with Gasteiger partial charge in [0.15, 0.2) is 6.10 Å². The van der Waals surface area contributed by atoms with E-state index in [1.54, 1.807) is 13.0 Å². The Morgan fingerprint density at radius 3 is 2.29 bits per heavy atom. The van der Waals surface area contributed by atoms with Gasteiger partial charge in [-0.3, -0.25) is 9.59 Å². The number of amides is 2. The lowest BCUT2D eigenvalue weighted by Gasteiger charge is -2.18.